The van der Waals surface area contributed by atoms with Gasteiger partial charge < -0.3 is 9.84 Å². The van der Waals surface area contributed by atoms with Crippen LogP contribution in [0.1, 0.15) is 24.0 Å². The summed E-state index contributed by atoms with van der Waals surface area (Å²) in [6, 6.07) is 17.8. The summed E-state index contributed by atoms with van der Waals surface area (Å²) in [5.74, 6) is -0.600. The second-order valence-corrected chi connectivity index (χ2v) is 5.05. The fraction of sp³-hybridized carbons (Fsp3) is 0.235. The third-order valence-electron chi connectivity index (χ3n) is 3.48. The molecule has 0 spiro atoms. The number of rotatable bonds is 4. The van der Waals surface area contributed by atoms with E-state index in [0.29, 0.717) is 11.1 Å². The molecule has 0 atom stereocenters. The summed E-state index contributed by atoms with van der Waals surface area (Å²) in [7, 11) is 0. The van der Waals surface area contributed by atoms with Gasteiger partial charge in [-0.3, -0.25) is 0 Å². The lowest BCUT2D eigenvalue weighted by atomic mass is 9.86. The highest BCUT2D eigenvalue weighted by atomic mass is 16.6. The maximum absolute atomic E-state index is 12.4. The van der Waals surface area contributed by atoms with Crippen molar-refractivity contribution >= 4 is 5.97 Å². The summed E-state index contributed by atoms with van der Waals surface area (Å²) >= 11 is 0. The van der Waals surface area contributed by atoms with Crippen LogP contribution in [0.2, 0.25) is 0 Å². The lowest BCUT2D eigenvalue weighted by Crippen LogP contribution is -2.39. The van der Waals surface area contributed by atoms with Crippen LogP contribution in [0.25, 0.3) is 0 Å². The van der Waals surface area contributed by atoms with Crippen LogP contribution < -0.4 is 0 Å². The van der Waals surface area contributed by atoms with Crippen molar-refractivity contribution in [3.8, 4) is 0 Å². The van der Waals surface area contributed by atoms with E-state index < -0.39 is 11.6 Å². The fourth-order valence-electron chi connectivity index (χ4n) is 2.18. The molecule has 2 aromatic carbocycles. The Bertz CT molecular complexity index is 549. The van der Waals surface area contributed by atoms with Crippen LogP contribution in [0.4, 0.5) is 0 Å². The molecule has 0 amide bonds. The maximum atomic E-state index is 12.4. The van der Waals surface area contributed by atoms with Crippen LogP contribution in [0.5, 0.6) is 0 Å². The Balaban J connectivity index is 2.04. The van der Waals surface area contributed by atoms with Crippen LogP contribution in [-0.2, 0) is 15.1 Å². The zero-order chi connectivity index (χ0) is 14.0. The van der Waals surface area contributed by atoms with Crippen molar-refractivity contribution in [2.24, 2.45) is 0 Å². The molecule has 0 heterocycles. The first kappa shape index (κ1) is 12.9. The van der Waals surface area contributed by atoms with Gasteiger partial charge in [0, 0.05) is 0 Å². The molecule has 3 nitrogen and oxygen atoms in total. The van der Waals surface area contributed by atoms with Gasteiger partial charge in [-0.2, -0.15) is 0 Å². The number of benzene rings is 2. The van der Waals surface area contributed by atoms with Gasteiger partial charge in [-0.15, -0.1) is 0 Å². The van der Waals surface area contributed by atoms with E-state index in [2.05, 4.69) is 0 Å². The number of aliphatic hydroxyl groups is 1. The third kappa shape index (κ3) is 2.32. The van der Waals surface area contributed by atoms with Crippen molar-refractivity contribution in [3.05, 3.63) is 71.8 Å². The fourth-order valence-corrected chi connectivity index (χ4v) is 2.18. The Kier molecular flexibility index (Phi) is 3.28. The van der Waals surface area contributed by atoms with E-state index in [4.69, 9.17) is 4.74 Å². The van der Waals surface area contributed by atoms with E-state index in [1.807, 2.05) is 12.1 Å². The lowest BCUT2D eigenvalue weighted by molar-refractivity contribution is -0.163. The van der Waals surface area contributed by atoms with E-state index >= 15 is 0 Å². The standard InChI is InChI=1S/C17H16O3/c18-16(20-15-11-12-15)17(19,13-7-3-1-4-8-13)14-9-5-2-6-10-14/h1-10,15,19H,11-12H2. The SMILES string of the molecule is O=C(OC1CC1)C(O)(c1ccccc1)c1ccccc1. The summed E-state index contributed by atoms with van der Waals surface area (Å²) < 4.78 is 5.35. The van der Waals surface area contributed by atoms with Crippen molar-refractivity contribution in [1.82, 2.24) is 0 Å². The van der Waals surface area contributed by atoms with Crippen molar-refractivity contribution in [2.75, 3.05) is 0 Å². The Morgan fingerprint density at radius 1 is 0.950 bits per heavy atom. The first-order valence-electron chi connectivity index (χ1n) is 6.76. The predicted molar refractivity (Wildman–Crippen MR) is 75.0 cm³/mol. The number of esters is 1. The summed E-state index contributed by atoms with van der Waals surface area (Å²) in [6.45, 7) is 0. The minimum atomic E-state index is -1.74. The molecular weight excluding hydrogens is 252 g/mol. The molecule has 1 saturated carbocycles. The number of ether oxygens (including phenoxy) is 1. The third-order valence-corrected chi connectivity index (χ3v) is 3.48. The molecule has 0 saturated heterocycles. The van der Waals surface area contributed by atoms with Crippen molar-refractivity contribution in [1.29, 1.82) is 0 Å². The Hall–Kier alpha value is -2.13. The molecule has 0 aliphatic heterocycles. The molecule has 1 aliphatic rings. The zero-order valence-corrected chi connectivity index (χ0v) is 11.0. The molecule has 0 bridgehead atoms. The van der Waals surface area contributed by atoms with Gasteiger partial charge in [0.1, 0.15) is 6.10 Å². The monoisotopic (exact) mass is 268 g/mol. The van der Waals surface area contributed by atoms with E-state index in [0.717, 1.165) is 12.8 Å². The molecule has 3 rings (SSSR count). The number of carbonyl (C=O) groups is 1. The normalized spacial score (nSPS) is 14.8. The topological polar surface area (TPSA) is 46.5 Å². The summed E-state index contributed by atoms with van der Waals surface area (Å²) in [6.07, 6.45) is 1.72. The molecular formula is C17H16O3. The smallest absolute Gasteiger partial charge is 0.347 e. The minimum absolute atomic E-state index is 0.0403. The lowest BCUT2D eigenvalue weighted by Gasteiger charge is -2.27. The largest absolute Gasteiger partial charge is 0.460 e. The average Bonchev–Trinajstić information content (AvgIpc) is 3.32. The number of carbonyl (C=O) groups excluding carboxylic acids is 1. The maximum Gasteiger partial charge on any atom is 0.347 e. The zero-order valence-electron chi connectivity index (χ0n) is 11.0. The van der Waals surface area contributed by atoms with Gasteiger partial charge in [-0.1, -0.05) is 60.7 Å². The predicted octanol–water partition coefficient (Wildman–Crippen LogP) is 2.63. The molecule has 0 radical (unpaired) electrons. The Morgan fingerprint density at radius 3 is 1.80 bits per heavy atom. The molecule has 0 unspecified atom stereocenters. The van der Waals surface area contributed by atoms with Crippen LogP contribution in [0.3, 0.4) is 0 Å². The van der Waals surface area contributed by atoms with E-state index in [9.17, 15) is 9.90 Å². The summed E-state index contributed by atoms with van der Waals surface area (Å²) in [4.78, 5) is 12.4. The first-order valence-corrected chi connectivity index (χ1v) is 6.76. The van der Waals surface area contributed by atoms with Crippen LogP contribution in [0, 0.1) is 0 Å². The second kappa shape index (κ2) is 5.10. The van der Waals surface area contributed by atoms with Gasteiger partial charge in [0.2, 0.25) is 5.60 Å². The summed E-state index contributed by atoms with van der Waals surface area (Å²) in [5.41, 5.74) is -0.695. The Morgan fingerprint density at radius 2 is 1.40 bits per heavy atom. The summed E-state index contributed by atoms with van der Waals surface area (Å²) in [5, 5.41) is 11.0. The highest BCUT2D eigenvalue weighted by molar-refractivity contribution is 5.85. The number of hydrogen-bond donors (Lipinski definition) is 1. The Labute approximate surface area is 117 Å². The molecule has 20 heavy (non-hydrogen) atoms. The minimum Gasteiger partial charge on any atom is -0.460 e. The number of hydrogen-bond acceptors (Lipinski definition) is 3. The van der Waals surface area contributed by atoms with E-state index in [1.165, 1.54) is 0 Å². The van der Waals surface area contributed by atoms with Crippen LogP contribution >= 0.6 is 0 Å². The van der Waals surface area contributed by atoms with Gasteiger partial charge in [0.15, 0.2) is 0 Å². The molecule has 0 aromatic heterocycles. The second-order valence-electron chi connectivity index (χ2n) is 5.05. The van der Waals surface area contributed by atoms with Crippen LogP contribution in [-0.4, -0.2) is 17.2 Å². The highest BCUT2D eigenvalue weighted by Gasteiger charge is 2.43. The molecule has 102 valence electrons. The van der Waals surface area contributed by atoms with Gasteiger partial charge in [-0.25, -0.2) is 4.79 Å². The van der Waals surface area contributed by atoms with E-state index in [1.54, 1.807) is 48.5 Å². The van der Waals surface area contributed by atoms with Gasteiger partial charge in [0.25, 0.3) is 0 Å². The molecule has 1 N–H and O–H groups in total. The molecule has 1 aliphatic carbocycles. The van der Waals surface area contributed by atoms with Crippen LogP contribution in [0.15, 0.2) is 60.7 Å². The van der Waals surface area contributed by atoms with Crippen molar-refractivity contribution in [3.63, 3.8) is 0 Å². The van der Waals surface area contributed by atoms with Gasteiger partial charge in [-0.05, 0) is 24.0 Å². The van der Waals surface area contributed by atoms with Gasteiger partial charge in [0.05, 0.1) is 0 Å². The average molecular weight is 268 g/mol. The molecule has 1 fully saturated rings. The quantitative estimate of drug-likeness (QED) is 0.867. The van der Waals surface area contributed by atoms with Gasteiger partial charge >= 0.3 is 5.97 Å². The first-order chi connectivity index (χ1) is 9.71. The van der Waals surface area contributed by atoms with E-state index in [-0.39, 0.29) is 6.10 Å². The highest BCUT2D eigenvalue weighted by Crippen LogP contribution is 2.34. The van der Waals surface area contributed by atoms with Crippen molar-refractivity contribution in [2.45, 2.75) is 24.5 Å². The molecule has 3 heteroatoms. The molecule has 2 aromatic rings. The van der Waals surface area contributed by atoms with Crippen molar-refractivity contribution < 1.29 is 14.6 Å².